The van der Waals surface area contributed by atoms with Crippen LogP contribution in [-0.4, -0.2) is 10.9 Å². The Morgan fingerprint density at radius 2 is 2.13 bits per heavy atom. The fourth-order valence-electron chi connectivity index (χ4n) is 1.72. The number of alkyl halides is 1. The summed E-state index contributed by atoms with van der Waals surface area (Å²) in [6, 6.07) is 8.55. The lowest BCUT2D eigenvalue weighted by Crippen LogP contribution is -2.00. The van der Waals surface area contributed by atoms with Crippen LogP contribution in [0.4, 0.5) is 0 Å². The molecule has 2 rings (SSSR count). The van der Waals surface area contributed by atoms with Gasteiger partial charge < -0.3 is 0 Å². The first-order valence-corrected chi connectivity index (χ1v) is 5.71. The van der Waals surface area contributed by atoms with E-state index in [4.69, 9.17) is 11.6 Å². The van der Waals surface area contributed by atoms with Gasteiger partial charge in [0.25, 0.3) is 0 Å². The van der Waals surface area contributed by atoms with Gasteiger partial charge in [0, 0.05) is 23.7 Å². The molecule has 0 saturated heterocycles. The van der Waals surface area contributed by atoms with Crippen LogP contribution in [0.25, 0.3) is 10.8 Å². The van der Waals surface area contributed by atoms with E-state index in [9.17, 15) is 0 Å². The molecule has 78 valence electrons. The lowest BCUT2D eigenvalue weighted by atomic mass is 10.0. The topological polar surface area (TPSA) is 12.9 Å². The fraction of sp³-hybridized carbons (Fsp3) is 0.308. The average Bonchev–Trinajstić information content (AvgIpc) is 2.29. The number of rotatable bonds is 3. The zero-order chi connectivity index (χ0) is 10.7. The van der Waals surface area contributed by atoms with Crippen molar-refractivity contribution in [2.24, 2.45) is 5.92 Å². The summed E-state index contributed by atoms with van der Waals surface area (Å²) in [6.07, 6.45) is 4.77. The molecule has 1 aromatic carbocycles. The maximum Gasteiger partial charge on any atom is 0.0346 e. The first kappa shape index (κ1) is 10.4. The van der Waals surface area contributed by atoms with Gasteiger partial charge in [-0.25, -0.2) is 0 Å². The molecule has 1 atom stereocenters. The molecule has 0 N–H and O–H groups in total. The number of aromatic nitrogens is 1. The Morgan fingerprint density at radius 1 is 1.27 bits per heavy atom. The minimum absolute atomic E-state index is 0.533. The Bertz CT molecular complexity index is 453. The van der Waals surface area contributed by atoms with Crippen molar-refractivity contribution in [3.63, 3.8) is 0 Å². The van der Waals surface area contributed by atoms with Crippen LogP contribution >= 0.6 is 11.6 Å². The van der Waals surface area contributed by atoms with Gasteiger partial charge in [0.1, 0.15) is 0 Å². The quantitative estimate of drug-likeness (QED) is 0.719. The monoisotopic (exact) mass is 219 g/mol. The number of nitrogens with zero attached hydrogens (tertiary/aromatic N) is 1. The Labute approximate surface area is 95.1 Å². The minimum Gasteiger partial charge on any atom is -0.264 e. The Balaban J connectivity index is 2.30. The van der Waals surface area contributed by atoms with E-state index >= 15 is 0 Å². The van der Waals surface area contributed by atoms with Gasteiger partial charge in [-0.05, 0) is 29.4 Å². The van der Waals surface area contributed by atoms with Gasteiger partial charge in [-0.15, -0.1) is 11.6 Å². The van der Waals surface area contributed by atoms with Crippen LogP contribution in [0, 0.1) is 5.92 Å². The van der Waals surface area contributed by atoms with E-state index in [-0.39, 0.29) is 0 Å². The third-order valence-electron chi connectivity index (χ3n) is 2.55. The zero-order valence-electron chi connectivity index (χ0n) is 8.78. The number of hydrogen-bond donors (Lipinski definition) is 0. The van der Waals surface area contributed by atoms with E-state index in [1.165, 1.54) is 16.3 Å². The van der Waals surface area contributed by atoms with Gasteiger partial charge in [0.15, 0.2) is 0 Å². The molecule has 0 aliphatic rings. The van der Waals surface area contributed by atoms with Crippen LogP contribution < -0.4 is 0 Å². The predicted octanol–water partition coefficient (Wildman–Crippen LogP) is 3.65. The second-order valence-corrected chi connectivity index (χ2v) is 4.33. The number of benzene rings is 1. The van der Waals surface area contributed by atoms with Crippen LogP contribution in [0.3, 0.4) is 0 Å². The molecule has 2 heteroatoms. The van der Waals surface area contributed by atoms with Crippen molar-refractivity contribution in [3.05, 3.63) is 42.2 Å². The SMILES string of the molecule is CC(CCl)Cc1ccc2cnccc2c1. The van der Waals surface area contributed by atoms with Crippen LogP contribution in [0.15, 0.2) is 36.7 Å². The highest BCUT2D eigenvalue weighted by atomic mass is 35.5. The van der Waals surface area contributed by atoms with Crippen LogP contribution in [0.1, 0.15) is 12.5 Å². The van der Waals surface area contributed by atoms with E-state index in [1.54, 1.807) is 0 Å². The molecule has 0 radical (unpaired) electrons. The molecule has 0 aliphatic heterocycles. The van der Waals surface area contributed by atoms with Crippen molar-refractivity contribution in [3.8, 4) is 0 Å². The Kier molecular flexibility index (Phi) is 3.22. The molecule has 1 nitrogen and oxygen atoms in total. The van der Waals surface area contributed by atoms with Crippen LogP contribution in [0.2, 0.25) is 0 Å². The number of pyridine rings is 1. The van der Waals surface area contributed by atoms with Crippen molar-refractivity contribution in [1.82, 2.24) is 4.98 Å². The lowest BCUT2D eigenvalue weighted by molar-refractivity contribution is 0.655. The van der Waals surface area contributed by atoms with E-state index in [2.05, 4.69) is 30.1 Å². The van der Waals surface area contributed by atoms with Gasteiger partial charge in [-0.3, -0.25) is 4.98 Å². The maximum absolute atomic E-state index is 5.81. The normalized spacial score (nSPS) is 12.9. The summed E-state index contributed by atoms with van der Waals surface area (Å²) < 4.78 is 0. The maximum atomic E-state index is 5.81. The summed E-state index contributed by atoms with van der Waals surface area (Å²) in [5, 5.41) is 2.45. The highest BCUT2D eigenvalue weighted by molar-refractivity contribution is 6.18. The van der Waals surface area contributed by atoms with E-state index in [0.717, 1.165) is 6.42 Å². The zero-order valence-corrected chi connectivity index (χ0v) is 9.54. The van der Waals surface area contributed by atoms with Crippen LogP contribution in [0.5, 0.6) is 0 Å². The van der Waals surface area contributed by atoms with Gasteiger partial charge >= 0.3 is 0 Å². The van der Waals surface area contributed by atoms with E-state index in [1.807, 2.05) is 18.5 Å². The van der Waals surface area contributed by atoms with Gasteiger partial charge in [-0.1, -0.05) is 25.1 Å². The molecule has 0 spiro atoms. The van der Waals surface area contributed by atoms with Crippen molar-refractivity contribution >= 4 is 22.4 Å². The largest absolute Gasteiger partial charge is 0.264 e. The van der Waals surface area contributed by atoms with Crippen molar-refractivity contribution in [2.45, 2.75) is 13.3 Å². The molecule has 0 bridgehead atoms. The minimum atomic E-state index is 0.533. The molecule has 2 aromatic rings. The number of fused-ring (bicyclic) bond motifs is 1. The van der Waals surface area contributed by atoms with Gasteiger partial charge in [-0.2, -0.15) is 0 Å². The molecule has 1 aromatic heterocycles. The molecular formula is C13H14ClN. The predicted molar refractivity (Wildman–Crippen MR) is 65.3 cm³/mol. The molecule has 1 heterocycles. The molecule has 0 saturated carbocycles. The summed E-state index contributed by atoms with van der Waals surface area (Å²) in [4.78, 5) is 4.10. The molecule has 1 unspecified atom stereocenters. The lowest BCUT2D eigenvalue weighted by Gasteiger charge is -2.08. The van der Waals surface area contributed by atoms with Crippen molar-refractivity contribution in [2.75, 3.05) is 5.88 Å². The van der Waals surface area contributed by atoms with Gasteiger partial charge in [0.05, 0.1) is 0 Å². The first-order valence-electron chi connectivity index (χ1n) is 5.18. The van der Waals surface area contributed by atoms with Crippen molar-refractivity contribution in [1.29, 1.82) is 0 Å². The summed E-state index contributed by atoms with van der Waals surface area (Å²) in [5.74, 6) is 1.25. The molecule has 15 heavy (non-hydrogen) atoms. The Hall–Kier alpha value is -1.08. The summed E-state index contributed by atoms with van der Waals surface area (Å²) in [5.41, 5.74) is 1.35. The van der Waals surface area contributed by atoms with E-state index < -0.39 is 0 Å². The second kappa shape index (κ2) is 4.63. The third-order valence-corrected chi connectivity index (χ3v) is 3.08. The third kappa shape index (κ3) is 2.48. The molecular weight excluding hydrogens is 206 g/mol. The van der Waals surface area contributed by atoms with Gasteiger partial charge in [0.2, 0.25) is 0 Å². The van der Waals surface area contributed by atoms with E-state index in [0.29, 0.717) is 11.8 Å². The first-order chi connectivity index (χ1) is 7.29. The number of hydrogen-bond acceptors (Lipinski definition) is 1. The highest BCUT2D eigenvalue weighted by Gasteiger charge is 2.02. The summed E-state index contributed by atoms with van der Waals surface area (Å²) in [6.45, 7) is 2.17. The Morgan fingerprint density at radius 3 is 2.93 bits per heavy atom. The smallest absolute Gasteiger partial charge is 0.0346 e. The molecule has 0 aliphatic carbocycles. The van der Waals surface area contributed by atoms with Crippen LogP contribution in [-0.2, 0) is 6.42 Å². The average molecular weight is 220 g/mol. The number of halogens is 1. The summed E-state index contributed by atoms with van der Waals surface area (Å²) in [7, 11) is 0. The standard InChI is InChI=1S/C13H14ClN/c1-10(8-14)6-11-2-3-13-9-15-5-4-12(13)7-11/h2-5,7,9-10H,6,8H2,1H3. The fourth-order valence-corrected chi connectivity index (χ4v) is 1.83. The molecule has 0 fully saturated rings. The molecule has 0 amide bonds. The highest BCUT2D eigenvalue weighted by Crippen LogP contribution is 2.17. The second-order valence-electron chi connectivity index (χ2n) is 4.02. The summed E-state index contributed by atoms with van der Waals surface area (Å²) >= 11 is 5.81. The van der Waals surface area contributed by atoms with Crippen molar-refractivity contribution < 1.29 is 0 Å².